The number of aromatic nitrogens is 2. The van der Waals surface area contributed by atoms with E-state index < -0.39 is 5.54 Å². The standard InChI is InChI=1S/C17H17N7O/c1-24-15(25)17(23-16(24)20,14(6-18)7-19)13-4-2-3-11(5-13)12-8-21-10-22-9-12/h2-10,18H,19H2,1H3,(H2,20,23)/b14-7+,18-6?. The van der Waals surface area contributed by atoms with E-state index in [-0.39, 0.29) is 17.4 Å². The van der Waals surface area contributed by atoms with Crippen LogP contribution in [0, 0.1) is 5.41 Å². The minimum Gasteiger partial charge on any atom is -0.404 e. The summed E-state index contributed by atoms with van der Waals surface area (Å²) in [7, 11) is 1.54. The fourth-order valence-electron chi connectivity index (χ4n) is 2.83. The Bertz CT molecular complexity index is 891. The first-order valence-electron chi connectivity index (χ1n) is 7.47. The number of carbonyl (C=O) groups is 1. The molecule has 8 nitrogen and oxygen atoms in total. The average Bonchev–Trinajstić information content (AvgIpc) is 2.89. The largest absolute Gasteiger partial charge is 0.404 e. The Labute approximate surface area is 144 Å². The predicted molar refractivity (Wildman–Crippen MR) is 94.6 cm³/mol. The van der Waals surface area contributed by atoms with Gasteiger partial charge >= 0.3 is 0 Å². The Morgan fingerprint density at radius 1 is 1.28 bits per heavy atom. The molecule has 1 aromatic carbocycles. The number of aliphatic imine (C=N–C) groups is 1. The van der Waals surface area contributed by atoms with Crippen molar-refractivity contribution in [2.75, 3.05) is 7.05 Å². The highest BCUT2D eigenvalue weighted by Gasteiger charge is 2.50. The number of carbonyl (C=O) groups excluding carboxylic acids is 1. The van der Waals surface area contributed by atoms with Crippen LogP contribution < -0.4 is 11.5 Å². The maximum absolute atomic E-state index is 13.0. The summed E-state index contributed by atoms with van der Waals surface area (Å²) in [6, 6.07) is 7.24. The number of hydrogen-bond donors (Lipinski definition) is 3. The topological polar surface area (TPSA) is 134 Å². The molecule has 1 unspecified atom stereocenters. The van der Waals surface area contributed by atoms with E-state index in [0.717, 1.165) is 17.3 Å². The zero-order valence-electron chi connectivity index (χ0n) is 13.5. The van der Waals surface area contributed by atoms with Crippen molar-refractivity contribution in [1.82, 2.24) is 14.9 Å². The molecule has 0 radical (unpaired) electrons. The minimum atomic E-state index is -1.47. The lowest BCUT2D eigenvalue weighted by atomic mass is 9.82. The third-order valence-corrected chi connectivity index (χ3v) is 4.17. The summed E-state index contributed by atoms with van der Waals surface area (Å²) in [6.07, 6.45) is 7.02. The lowest BCUT2D eigenvalue weighted by molar-refractivity contribution is -0.129. The second kappa shape index (κ2) is 6.16. The van der Waals surface area contributed by atoms with Crippen LogP contribution in [0.25, 0.3) is 11.1 Å². The van der Waals surface area contributed by atoms with Crippen molar-refractivity contribution in [2.45, 2.75) is 5.54 Å². The van der Waals surface area contributed by atoms with E-state index in [2.05, 4.69) is 15.0 Å². The van der Waals surface area contributed by atoms with E-state index >= 15 is 0 Å². The first-order chi connectivity index (χ1) is 12.0. The SMILES string of the molecule is CN1C(=O)C(/C(C=N)=C/N)(c2cccc(-c3cncnc3)c2)N=C1N. The fourth-order valence-corrected chi connectivity index (χ4v) is 2.83. The summed E-state index contributed by atoms with van der Waals surface area (Å²) in [5, 5.41) is 7.66. The second-order valence-corrected chi connectivity index (χ2v) is 5.52. The first kappa shape index (κ1) is 16.3. The van der Waals surface area contributed by atoms with Gasteiger partial charge in [0.15, 0.2) is 11.5 Å². The van der Waals surface area contributed by atoms with Gasteiger partial charge in [-0.15, -0.1) is 0 Å². The van der Waals surface area contributed by atoms with Crippen LogP contribution in [0.5, 0.6) is 0 Å². The highest BCUT2D eigenvalue weighted by Crippen LogP contribution is 2.39. The van der Waals surface area contributed by atoms with Crippen molar-refractivity contribution >= 4 is 18.1 Å². The molecule has 2 aromatic rings. The summed E-state index contributed by atoms with van der Waals surface area (Å²) in [6.45, 7) is 0. The lowest BCUT2D eigenvalue weighted by Crippen LogP contribution is -2.42. The molecular weight excluding hydrogens is 318 g/mol. The van der Waals surface area contributed by atoms with Gasteiger partial charge in [-0.1, -0.05) is 18.2 Å². The summed E-state index contributed by atoms with van der Waals surface area (Å²) >= 11 is 0. The zero-order valence-corrected chi connectivity index (χ0v) is 13.5. The van der Waals surface area contributed by atoms with Crippen LogP contribution in [-0.4, -0.2) is 40.0 Å². The number of benzene rings is 1. The molecule has 0 spiro atoms. The minimum absolute atomic E-state index is 0.0691. The van der Waals surface area contributed by atoms with Crippen molar-refractivity contribution in [2.24, 2.45) is 16.5 Å². The number of nitrogens with one attached hydrogen (secondary N) is 1. The third-order valence-electron chi connectivity index (χ3n) is 4.17. The van der Waals surface area contributed by atoms with E-state index in [1.54, 1.807) is 30.6 Å². The monoisotopic (exact) mass is 335 g/mol. The summed E-state index contributed by atoms with van der Waals surface area (Å²) in [5.41, 5.74) is 12.5. The Hall–Kier alpha value is -3.55. The fraction of sp³-hybridized carbons (Fsp3) is 0.118. The number of nitrogens with two attached hydrogens (primary N) is 2. The van der Waals surface area contributed by atoms with Crippen molar-refractivity contribution in [3.05, 3.63) is 60.3 Å². The van der Waals surface area contributed by atoms with Gasteiger partial charge in [0, 0.05) is 43.0 Å². The predicted octanol–water partition coefficient (Wildman–Crippen LogP) is 0.618. The van der Waals surface area contributed by atoms with Gasteiger partial charge in [0.25, 0.3) is 5.91 Å². The Balaban J connectivity index is 2.23. The molecule has 0 aliphatic carbocycles. The Morgan fingerprint density at radius 3 is 2.56 bits per heavy atom. The van der Waals surface area contributed by atoms with E-state index in [4.69, 9.17) is 16.9 Å². The molecule has 2 heterocycles. The van der Waals surface area contributed by atoms with E-state index in [1.807, 2.05) is 6.07 Å². The molecule has 1 atom stereocenters. The quantitative estimate of drug-likeness (QED) is 0.704. The molecule has 126 valence electrons. The molecule has 1 amide bonds. The van der Waals surface area contributed by atoms with Crippen molar-refractivity contribution in [3.8, 4) is 11.1 Å². The average molecular weight is 335 g/mol. The van der Waals surface area contributed by atoms with Crippen LogP contribution >= 0.6 is 0 Å². The van der Waals surface area contributed by atoms with Crippen molar-refractivity contribution < 1.29 is 4.79 Å². The highest BCUT2D eigenvalue weighted by molar-refractivity contribution is 6.12. The Morgan fingerprint density at radius 2 is 2.00 bits per heavy atom. The summed E-state index contributed by atoms with van der Waals surface area (Å²) in [4.78, 5) is 26.6. The van der Waals surface area contributed by atoms with Crippen LogP contribution in [0.1, 0.15) is 5.56 Å². The maximum Gasteiger partial charge on any atom is 0.266 e. The van der Waals surface area contributed by atoms with Gasteiger partial charge in [-0.05, 0) is 17.2 Å². The van der Waals surface area contributed by atoms with Gasteiger partial charge in [0.1, 0.15) is 6.33 Å². The van der Waals surface area contributed by atoms with E-state index in [1.165, 1.54) is 24.5 Å². The molecule has 0 saturated carbocycles. The smallest absolute Gasteiger partial charge is 0.266 e. The molecule has 0 bridgehead atoms. The van der Waals surface area contributed by atoms with E-state index in [9.17, 15) is 4.79 Å². The van der Waals surface area contributed by atoms with Gasteiger partial charge in [0.2, 0.25) is 0 Å². The second-order valence-electron chi connectivity index (χ2n) is 5.52. The molecule has 1 aromatic heterocycles. The normalized spacial score (nSPS) is 20.5. The van der Waals surface area contributed by atoms with Gasteiger partial charge in [-0.2, -0.15) is 0 Å². The maximum atomic E-state index is 13.0. The van der Waals surface area contributed by atoms with Crippen LogP contribution in [0.15, 0.2) is 59.8 Å². The molecular formula is C17H17N7O. The number of nitrogens with zero attached hydrogens (tertiary/aromatic N) is 4. The molecule has 0 fully saturated rings. The molecule has 3 rings (SSSR count). The van der Waals surface area contributed by atoms with Gasteiger partial charge in [-0.25, -0.2) is 15.0 Å². The first-order valence-corrected chi connectivity index (χ1v) is 7.47. The third kappa shape index (κ3) is 2.44. The van der Waals surface area contributed by atoms with Crippen molar-refractivity contribution in [3.63, 3.8) is 0 Å². The lowest BCUT2D eigenvalue weighted by Gasteiger charge is -2.26. The van der Waals surface area contributed by atoms with Crippen LogP contribution in [0.3, 0.4) is 0 Å². The number of rotatable bonds is 4. The van der Waals surface area contributed by atoms with Crippen molar-refractivity contribution in [1.29, 1.82) is 5.41 Å². The van der Waals surface area contributed by atoms with Gasteiger partial charge < -0.3 is 16.9 Å². The van der Waals surface area contributed by atoms with E-state index in [0.29, 0.717) is 5.56 Å². The number of guanidine groups is 1. The van der Waals surface area contributed by atoms with Gasteiger partial charge in [0.05, 0.1) is 0 Å². The van der Waals surface area contributed by atoms with Crippen LogP contribution in [-0.2, 0) is 10.3 Å². The Kier molecular flexibility index (Phi) is 4.02. The zero-order chi connectivity index (χ0) is 18.0. The number of hydrogen-bond acceptors (Lipinski definition) is 7. The summed E-state index contributed by atoms with van der Waals surface area (Å²) < 4.78 is 0. The molecule has 25 heavy (non-hydrogen) atoms. The highest BCUT2D eigenvalue weighted by atomic mass is 16.2. The summed E-state index contributed by atoms with van der Waals surface area (Å²) in [5.74, 6) is -0.300. The molecule has 1 aliphatic heterocycles. The number of likely N-dealkylation sites (N-methyl/N-ethyl adjacent to an activating group) is 1. The molecule has 1 aliphatic rings. The molecule has 5 N–H and O–H groups in total. The van der Waals surface area contributed by atoms with Crippen LogP contribution in [0.2, 0.25) is 0 Å². The van der Waals surface area contributed by atoms with Gasteiger partial charge in [-0.3, -0.25) is 9.69 Å². The molecule has 8 heteroatoms. The number of amides is 1. The van der Waals surface area contributed by atoms with Crippen LogP contribution in [0.4, 0.5) is 0 Å². The molecule has 0 saturated heterocycles.